The molecule has 1 aromatic heterocycles. The van der Waals surface area contributed by atoms with Crippen LogP contribution in [0.3, 0.4) is 0 Å². The molecule has 0 atom stereocenters. The molecule has 0 bridgehead atoms. The van der Waals surface area contributed by atoms with E-state index >= 15 is 0 Å². The minimum atomic E-state index is -0.823. The number of aromatic nitrogens is 2. The Morgan fingerprint density at radius 2 is 1.83 bits per heavy atom. The number of hydrogen-bond acceptors (Lipinski definition) is 7. The van der Waals surface area contributed by atoms with Gasteiger partial charge in [0.15, 0.2) is 6.61 Å². The van der Waals surface area contributed by atoms with Crippen molar-refractivity contribution in [1.82, 2.24) is 9.66 Å². The summed E-state index contributed by atoms with van der Waals surface area (Å²) in [5.41, 5.74) is -1.33. The Bertz CT molecular complexity index is 1630. The van der Waals surface area contributed by atoms with Gasteiger partial charge in [-0.25, -0.2) is 4.79 Å². The molecule has 0 aliphatic heterocycles. The van der Waals surface area contributed by atoms with Crippen molar-refractivity contribution in [3.8, 4) is 5.75 Å². The molecule has 0 spiro atoms. The number of carbonyl (C=O) groups is 1. The first-order chi connectivity index (χ1) is 17.2. The van der Waals surface area contributed by atoms with Crippen molar-refractivity contribution < 1.29 is 14.5 Å². The Morgan fingerprint density at radius 3 is 2.56 bits per heavy atom. The molecule has 0 radical (unpaired) electrons. The number of amides is 1. The first kappa shape index (κ1) is 24.6. The molecule has 1 heterocycles. The van der Waals surface area contributed by atoms with Crippen LogP contribution in [0.1, 0.15) is 5.56 Å². The molecule has 2 N–H and O–H groups in total. The highest BCUT2D eigenvalue weighted by atomic mass is 35.5. The third-order valence-electron chi connectivity index (χ3n) is 4.83. The zero-order chi connectivity index (χ0) is 25.8. The Hall–Kier alpha value is -4.48. The largest absolute Gasteiger partial charge is 0.476 e. The lowest BCUT2D eigenvalue weighted by Gasteiger charge is -2.11. The molecule has 182 valence electrons. The van der Waals surface area contributed by atoms with Gasteiger partial charge in [-0.05, 0) is 42.5 Å². The van der Waals surface area contributed by atoms with E-state index in [-0.39, 0.29) is 21.7 Å². The van der Waals surface area contributed by atoms with Crippen molar-refractivity contribution in [2.45, 2.75) is 0 Å². The summed E-state index contributed by atoms with van der Waals surface area (Å²) in [5, 5.41) is 18.7. The maximum absolute atomic E-state index is 12.7. The fourth-order valence-corrected chi connectivity index (χ4v) is 3.58. The number of H-pyrrole nitrogens is 1. The molecule has 1 amide bonds. The van der Waals surface area contributed by atoms with Gasteiger partial charge in [0.1, 0.15) is 0 Å². The Labute approximate surface area is 211 Å². The van der Waals surface area contributed by atoms with Crippen molar-refractivity contribution >= 4 is 57.6 Å². The first-order valence-electron chi connectivity index (χ1n) is 10.2. The number of nitro benzene ring substituents is 1. The number of carbonyl (C=O) groups excluding carboxylic acids is 1. The van der Waals surface area contributed by atoms with Gasteiger partial charge in [0.25, 0.3) is 11.5 Å². The van der Waals surface area contributed by atoms with Crippen LogP contribution in [0.25, 0.3) is 10.9 Å². The van der Waals surface area contributed by atoms with E-state index in [0.29, 0.717) is 20.9 Å². The Morgan fingerprint density at radius 1 is 1.11 bits per heavy atom. The number of anilines is 1. The van der Waals surface area contributed by atoms with E-state index < -0.39 is 34.4 Å². The minimum Gasteiger partial charge on any atom is -0.476 e. The Balaban J connectivity index is 1.67. The molecule has 0 unspecified atom stereocenters. The molecule has 0 fully saturated rings. The number of nitro groups is 1. The number of para-hydroxylation sites is 1. The maximum atomic E-state index is 12.7. The van der Waals surface area contributed by atoms with Gasteiger partial charge in [-0.2, -0.15) is 5.10 Å². The summed E-state index contributed by atoms with van der Waals surface area (Å²) < 4.78 is 6.02. The average Bonchev–Trinajstić information content (AvgIpc) is 2.84. The van der Waals surface area contributed by atoms with Crippen LogP contribution in [0.5, 0.6) is 5.75 Å². The van der Waals surface area contributed by atoms with Crippen LogP contribution >= 0.6 is 23.2 Å². The first-order valence-corrected chi connectivity index (χ1v) is 10.9. The smallest absolute Gasteiger partial charge is 0.349 e. The second kappa shape index (κ2) is 10.4. The lowest BCUT2D eigenvalue weighted by Crippen LogP contribution is -2.32. The van der Waals surface area contributed by atoms with Crippen molar-refractivity contribution in [2.24, 2.45) is 5.10 Å². The normalized spacial score (nSPS) is 11.1. The van der Waals surface area contributed by atoms with Crippen LogP contribution in [0, 0.1) is 10.1 Å². The van der Waals surface area contributed by atoms with E-state index in [0.717, 1.165) is 12.3 Å². The second-order valence-corrected chi connectivity index (χ2v) is 8.15. The van der Waals surface area contributed by atoms with Crippen LogP contribution in [0.4, 0.5) is 11.4 Å². The molecule has 11 nitrogen and oxygen atoms in total. The number of rotatable bonds is 7. The third-order valence-corrected chi connectivity index (χ3v) is 5.30. The average molecular weight is 528 g/mol. The topological polar surface area (TPSA) is 149 Å². The van der Waals surface area contributed by atoms with E-state index in [1.54, 1.807) is 42.5 Å². The highest BCUT2D eigenvalue weighted by Crippen LogP contribution is 2.33. The van der Waals surface area contributed by atoms with Crippen molar-refractivity contribution in [2.75, 3.05) is 11.9 Å². The zero-order valence-corrected chi connectivity index (χ0v) is 19.6. The lowest BCUT2D eigenvalue weighted by atomic mass is 10.2. The number of benzene rings is 3. The van der Waals surface area contributed by atoms with Gasteiger partial charge in [0, 0.05) is 27.4 Å². The summed E-state index contributed by atoms with van der Waals surface area (Å²) in [4.78, 5) is 50.8. The highest BCUT2D eigenvalue weighted by molar-refractivity contribution is 6.31. The number of nitrogens with zero attached hydrogens (tertiary/aromatic N) is 3. The van der Waals surface area contributed by atoms with E-state index in [1.807, 2.05) is 0 Å². The summed E-state index contributed by atoms with van der Waals surface area (Å²) in [5.74, 6) is -0.934. The van der Waals surface area contributed by atoms with Gasteiger partial charge in [-0.1, -0.05) is 35.3 Å². The number of nitrogens with one attached hydrogen (secondary N) is 2. The SMILES string of the molecule is O=C(COc1c(C=Nn2c(=O)[nH]c3ccccc3c2=O)cc(Cl)cc1[N+](=O)[O-])Nc1ccc(Cl)cc1. The molecule has 13 heteroatoms. The summed E-state index contributed by atoms with van der Waals surface area (Å²) >= 11 is 11.8. The van der Waals surface area contributed by atoms with E-state index in [9.17, 15) is 24.5 Å². The molecule has 4 aromatic rings. The zero-order valence-electron chi connectivity index (χ0n) is 18.1. The van der Waals surface area contributed by atoms with Crippen molar-refractivity contribution in [3.63, 3.8) is 0 Å². The van der Waals surface area contributed by atoms with Crippen LogP contribution in [0.2, 0.25) is 10.0 Å². The van der Waals surface area contributed by atoms with E-state index in [1.165, 1.54) is 12.1 Å². The molecule has 0 aliphatic rings. The van der Waals surface area contributed by atoms with Gasteiger partial charge in [-0.15, -0.1) is 4.68 Å². The number of fused-ring (bicyclic) bond motifs is 1. The summed E-state index contributed by atoms with van der Waals surface area (Å²) in [7, 11) is 0. The molecule has 36 heavy (non-hydrogen) atoms. The second-order valence-electron chi connectivity index (χ2n) is 7.28. The number of hydrogen-bond donors (Lipinski definition) is 2. The van der Waals surface area contributed by atoms with Crippen LogP contribution in [0.15, 0.2) is 75.4 Å². The lowest BCUT2D eigenvalue weighted by molar-refractivity contribution is -0.385. The van der Waals surface area contributed by atoms with Crippen molar-refractivity contribution in [3.05, 3.63) is 107 Å². The summed E-state index contributed by atoms with van der Waals surface area (Å²) in [6.07, 6.45) is 1.01. The van der Waals surface area contributed by atoms with E-state index in [2.05, 4.69) is 15.4 Å². The molecule has 0 aliphatic carbocycles. The highest BCUT2D eigenvalue weighted by Gasteiger charge is 2.22. The monoisotopic (exact) mass is 527 g/mol. The number of halogens is 2. The van der Waals surface area contributed by atoms with E-state index in [4.69, 9.17) is 27.9 Å². The predicted octanol–water partition coefficient (Wildman–Crippen LogP) is 3.80. The van der Waals surface area contributed by atoms with Gasteiger partial charge in [-0.3, -0.25) is 19.7 Å². The number of aromatic amines is 1. The molecule has 0 saturated carbocycles. The fourth-order valence-electron chi connectivity index (χ4n) is 3.23. The van der Waals surface area contributed by atoms with Crippen LogP contribution < -0.4 is 21.3 Å². The summed E-state index contributed by atoms with van der Waals surface area (Å²) in [6, 6.07) is 15.0. The molecular formula is C23H15Cl2N5O6. The quantitative estimate of drug-likeness (QED) is 0.212. The number of ether oxygens (including phenoxy) is 1. The van der Waals surface area contributed by atoms with Crippen LogP contribution in [-0.2, 0) is 4.79 Å². The van der Waals surface area contributed by atoms with Gasteiger partial charge in [0.2, 0.25) is 5.75 Å². The Kier molecular flexibility index (Phi) is 7.13. The summed E-state index contributed by atoms with van der Waals surface area (Å²) in [6.45, 7) is -0.595. The standard InChI is InChI=1S/C23H15Cl2N5O6/c24-14-5-7-16(8-6-14)27-20(31)12-36-21-13(9-15(25)10-19(21)30(34)35)11-26-29-22(32)17-3-1-2-4-18(17)28-23(29)33/h1-11H,12H2,(H,27,31)(H,28,33). The minimum absolute atomic E-state index is 0.0270. The molecule has 3 aromatic carbocycles. The maximum Gasteiger partial charge on any atom is 0.349 e. The van der Waals surface area contributed by atoms with Gasteiger partial charge in [0.05, 0.1) is 22.0 Å². The van der Waals surface area contributed by atoms with Gasteiger partial charge < -0.3 is 15.0 Å². The molecule has 4 rings (SSSR count). The van der Waals surface area contributed by atoms with Crippen LogP contribution in [-0.4, -0.2) is 33.3 Å². The van der Waals surface area contributed by atoms with Gasteiger partial charge >= 0.3 is 11.4 Å². The third kappa shape index (κ3) is 5.43. The van der Waals surface area contributed by atoms with Crippen molar-refractivity contribution in [1.29, 1.82) is 0 Å². The fraction of sp³-hybridized carbons (Fsp3) is 0.0435. The molecular weight excluding hydrogens is 513 g/mol. The molecule has 0 saturated heterocycles. The predicted molar refractivity (Wildman–Crippen MR) is 136 cm³/mol.